The number of thiophene rings is 1. The number of carbonyl (C=O) groups is 2. The first-order valence-corrected chi connectivity index (χ1v) is 9.05. The van der Waals surface area contributed by atoms with E-state index in [4.69, 9.17) is 4.74 Å². The molecule has 0 aliphatic carbocycles. The fraction of sp³-hybridized carbons (Fsp3) is 0.118. The number of hydrogen-bond acceptors (Lipinski definition) is 6. The van der Waals surface area contributed by atoms with Crippen LogP contribution in [0.25, 0.3) is 9.88 Å². The lowest BCUT2D eigenvalue weighted by atomic mass is 10.3. The fourth-order valence-electron chi connectivity index (χ4n) is 1.97. The van der Waals surface area contributed by atoms with E-state index >= 15 is 0 Å². The SMILES string of the molecule is C[C@@H](OC(=O)c1csc(-c2cccs2)n1)C(=O)Nc1cccc(F)c1. The number of nitrogens with one attached hydrogen (secondary N) is 1. The standard InChI is InChI=1S/C17H13FN2O3S2/c1-10(15(21)19-12-5-2-4-11(18)8-12)23-17(22)13-9-25-16(20-13)14-6-3-7-24-14/h2-10H,1H3,(H,19,21)/t10-/m1/s1. The lowest BCUT2D eigenvalue weighted by Crippen LogP contribution is -2.30. The number of thiazole rings is 1. The maximum Gasteiger partial charge on any atom is 0.358 e. The van der Waals surface area contributed by atoms with Gasteiger partial charge < -0.3 is 10.1 Å². The van der Waals surface area contributed by atoms with E-state index < -0.39 is 23.8 Å². The summed E-state index contributed by atoms with van der Waals surface area (Å²) in [5.41, 5.74) is 0.445. The zero-order valence-corrected chi connectivity index (χ0v) is 14.7. The largest absolute Gasteiger partial charge is 0.448 e. The number of rotatable bonds is 5. The molecular weight excluding hydrogens is 363 g/mol. The van der Waals surface area contributed by atoms with Crippen molar-refractivity contribution in [3.63, 3.8) is 0 Å². The third-order valence-electron chi connectivity index (χ3n) is 3.19. The molecule has 0 spiro atoms. The summed E-state index contributed by atoms with van der Waals surface area (Å²) < 4.78 is 18.3. The van der Waals surface area contributed by atoms with Gasteiger partial charge in [0.1, 0.15) is 10.8 Å². The molecule has 2 heterocycles. The molecule has 0 saturated heterocycles. The summed E-state index contributed by atoms with van der Waals surface area (Å²) >= 11 is 2.85. The first-order chi connectivity index (χ1) is 12.0. The molecule has 0 fully saturated rings. The number of ether oxygens (including phenoxy) is 1. The number of aromatic nitrogens is 1. The second-order valence-corrected chi connectivity index (χ2v) is 6.87. The van der Waals surface area contributed by atoms with Gasteiger partial charge in [0.2, 0.25) is 0 Å². The number of carbonyl (C=O) groups excluding carboxylic acids is 2. The quantitative estimate of drug-likeness (QED) is 0.678. The Balaban J connectivity index is 1.61. The van der Waals surface area contributed by atoms with E-state index in [1.54, 1.807) is 11.4 Å². The van der Waals surface area contributed by atoms with Crippen molar-refractivity contribution in [3.8, 4) is 9.88 Å². The zero-order valence-electron chi connectivity index (χ0n) is 13.1. The minimum Gasteiger partial charge on any atom is -0.448 e. The van der Waals surface area contributed by atoms with Gasteiger partial charge in [-0.3, -0.25) is 4.79 Å². The highest BCUT2D eigenvalue weighted by Gasteiger charge is 2.21. The number of nitrogens with zero attached hydrogens (tertiary/aromatic N) is 1. The van der Waals surface area contributed by atoms with Crippen LogP contribution >= 0.6 is 22.7 Å². The first kappa shape index (κ1) is 17.2. The molecule has 128 valence electrons. The van der Waals surface area contributed by atoms with E-state index in [9.17, 15) is 14.0 Å². The first-order valence-electron chi connectivity index (χ1n) is 7.30. The molecule has 25 heavy (non-hydrogen) atoms. The molecule has 0 bridgehead atoms. The normalized spacial score (nSPS) is 11.8. The summed E-state index contributed by atoms with van der Waals surface area (Å²) in [5.74, 6) is -1.69. The van der Waals surface area contributed by atoms with Gasteiger partial charge in [0.15, 0.2) is 11.8 Å². The second kappa shape index (κ2) is 7.54. The van der Waals surface area contributed by atoms with Gasteiger partial charge in [-0.05, 0) is 36.6 Å². The van der Waals surface area contributed by atoms with Crippen LogP contribution < -0.4 is 5.32 Å². The molecule has 5 nitrogen and oxygen atoms in total. The van der Waals surface area contributed by atoms with Gasteiger partial charge in [-0.2, -0.15) is 0 Å². The van der Waals surface area contributed by atoms with Crippen LogP contribution in [0.5, 0.6) is 0 Å². The number of anilines is 1. The van der Waals surface area contributed by atoms with Gasteiger partial charge in [-0.15, -0.1) is 22.7 Å². The van der Waals surface area contributed by atoms with Gasteiger partial charge >= 0.3 is 5.97 Å². The van der Waals surface area contributed by atoms with Crippen LogP contribution in [0.15, 0.2) is 47.2 Å². The molecule has 0 aliphatic rings. The lowest BCUT2D eigenvalue weighted by molar-refractivity contribution is -0.123. The van der Waals surface area contributed by atoms with Gasteiger partial charge in [0.05, 0.1) is 4.88 Å². The maximum atomic E-state index is 13.1. The molecule has 1 aromatic carbocycles. The van der Waals surface area contributed by atoms with Crippen molar-refractivity contribution >= 4 is 40.2 Å². The van der Waals surface area contributed by atoms with E-state index in [1.807, 2.05) is 17.5 Å². The summed E-state index contributed by atoms with van der Waals surface area (Å²) in [6.45, 7) is 1.44. The van der Waals surface area contributed by atoms with Crippen LogP contribution in [0.1, 0.15) is 17.4 Å². The molecular formula is C17H13FN2O3S2. The van der Waals surface area contributed by atoms with Gasteiger partial charge in [-0.25, -0.2) is 14.2 Å². The van der Waals surface area contributed by atoms with Crippen molar-refractivity contribution in [2.45, 2.75) is 13.0 Å². The van der Waals surface area contributed by atoms with Crippen molar-refractivity contribution < 1.29 is 18.7 Å². The van der Waals surface area contributed by atoms with E-state index in [1.165, 1.54) is 47.8 Å². The Labute approximate surface area is 151 Å². The second-order valence-electron chi connectivity index (χ2n) is 5.06. The van der Waals surface area contributed by atoms with Crippen molar-refractivity contribution in [2.24, 2.45) is 0 Å². The van der Waals surface area contributed by atoms with Gasteiger partial charge in [0, 0.05) is 11.1 Å². The van der Waals surface area contributed by atoms with Crippen LogP contribution in [0.2, 0.25) is 0 Å². The van der Waals surface area contributed by atoms with Crippen molar-refractivity contribution in [2.75, 3.05) is 5.32 Å². The van der Waals surface area contributed by atoms with E-state index in [-0.39, 0.29) is 5.69 Å². The monoisotopic (exact) mass is 376 g/mol. The van der Waals surface area contributed by atoms with Crippen LogP contribution in [0.3, 0.4) is 0 Å². The predicted octanol–water partition coefficient (Wildman–Crippen LogP) is 4.19. The van der Waals surface area contributed by atoms with Gasteiger partial charge in [0.25, 0.3) is 5.91 Å². The predicted molar refractivity (Wildman–Crippen MR) is 95.3 cm³/mol. The van der Waals surface area contributed by atoms with E-state index in [0.717, 1.165) is 9.88 Å². The molecule has 3 rings (SSSR count). The van der Waals surface area contributed by atoms with E-state index in [0.29, 0.717) is 5.69 Å². The molecule has 1 N–H and O–H groups in total. The molecule has 3 aromatic rings. The Morgan fingerprint density at radius 3 is 2.80 bits per heavy atom. The summed E-state index contributed by atoms with van der Waals surface area (Å²) in [6, 6.07) is 9.28. The lowest BCUT2D eigenvalue weighted by Gasteiger charge is -2.12. The summed E-state index contributed by atoms with van der Waals surface area (Å²) in [4.78, 5) is 29.4. The number of hydrogen-bond donors (Lipinski definition) is 1. The molecule has 1 atom stereocenters. The van der Waals surface area contributed by atoms with Crippen LogP contribution in [0, 0.1) is 5.82 Å². The molecule has 2 aromatic heterocycles. The third-order valence-corrected chi connectivity index (χ3v) is 5.07. The Hall–Kier alpha value is -2.58. The summed E-state index contributed by atoms with van der Waals surface area (Å²) in [5, 5.41) is 6.73. The van der Waals surface area contributed by atoms with Crippen molar-refractivity contribution in [1.82, 2.24) is 4.98 Å². The average molecular weight is 376 g/mol. The molecule has 0 radical (unpaired) electrons. The van der Waals surface area contributed by atoms with Crippen molar-refractivity contribution in [1.29, 1.82) is 0 Å². The summed E-state index contributed by atoms with van der Waals surface area (Å²) in [7, 11) is 0. The maximum absolute atomic E-state index is 13.1. The number of benzene rings is 1. The Morgan fingerprint density at radius 2 is 2.08 bits per heavy atom. The molecule has 1 amide bonds. The molecule has 0 aliphatic heterocycles. The summed E-state index contributed by atoms with van der Waals surface area (Å²) in [6.07, 6.45) is -1.04. The molecule has 0 saturated carbocycles. The highest BCUT2D eigenvalue weighted by molar-refractivity contribution is 7.20. The van der Waals surface area contributed by atoms with Crippen LogP contribution in [-0.2, 0) is 9.53 Å². The average Bonchev–Trinajstić information content (AvgIpc) is 3.26. The topological polar surface area (TPSA) is 68.3 Å². The Kier molecular flexibility index (Phi) is 5.20. The van der Waals surface area contributed by atoms with Crippen LogP contribution in [-0.4, -0.2) is 23.0 Å². The van der Waals surface area contributed by atoms with Crippen molar-refractivity contribution in [3.05, 3.63) is 58.7 Å². The molecule has 8 heteroatoms. The number of amides is 1. The zero-order chi connectivity index (χ0) is 17.8. The minimum absolute atomic E-state index is 0.152. The Bertz CT molecular complexity index is 893. The third kappa shape index (κ3) is 4.28. The smallest absolute Gasteiger partial charge is 0.358 e. The van der Waals surface area contributed by atoms with E-state index in [2.05, 4.69) is 10.3 Å². The molecule has 0 unspecified atom stereocenters. The van der Waals surface area contributed by atoms with Crippen LogP contribution in [0.4, 0.5) is 10.1 Å². The van der Waals surface area contributed by atoms with Gasteiger partial charge in [-0.1, -0.05) is 12.1 Å². The number of halogens is 1. The number of esters is 1. The highest BCUT2D eigenvalue weighted by atomic mass is 32.1. The highest BCUT2D eigenvalue weighted by Crippen LogP contribution is 2.28. The Morgan fingerprint density at radius 1 is 1.24 bits per heavy atom. The fourth-order valence-corrected chi connectivity index (χ4v) is 3.57. The minimum atomic E-state index is -1.04.